The molecule has 0 bridgehead atoms. The minimum atomic E-state index is -3.63. The molecule has 3 heterocycles. The number of anilines is 1. The van der Waals surface area contributed by atoms with Gasteiger partial charge in [-0.15, -0.1) is 11.3 Å². The monoisotopic (exact) mass is 471 g/mol. The summed E-state index contributed by atoms with van der Waals surface area (Å²) in [5, 5.41) is 5.77. The van der Waals surface area contributed by atoms with E-state index in [2.05, 4.69) is 25.0 Å². The Morgan fingerprint density at radius 3 is 2.81 bits per heavy atom. The number of carbonyl (C=O) groups is 1. The Kier molecular flexibility index (Phi) is 6.61. The molecule has 1 atom stereocenters. The Labute approximate surface area is 188 Å². The number of fused-ring (bicyclic) bond motifs is 1. The molecule has 0 fully saturated rings. The number of ether oxygens (including phenoxy) is 1. The predicted molar refractivity (Wildman–Crippen MR) is 124 cm³/mol. The number of H-pyrrole nitrogens is 1. The topological polar surface area (TPSA) is 126 Å². The van der Waals surface area contributed by atoms with Gasteiger partial charge in [0.05, 0.1) is 25.2 Å². The lowest BCUT2D eigenvalue weighted by molar-refractivity contribution is -0.119. The standard InChI is InChI=1S/C21H21N5O4S2/c1-32(28,29)26-17(12-30-11-14-6-3-2-4-7-14)20(27)25-21-24-18(13-31-21)16-10-23-19-15(16)8-5-9-22-19/h2-10,13,17,26H,11-12H2,1H3,(H,22,23)(H,24,25,27)/t17-/m0/s1. The van der Waals surface area contributed by atoms with Crippen molar-refractivity contribution in [2.45, 2.75) is 12.6 Å². The summed E-state index contributed by atoms with van der Waals surface area (Å²) in [6.45, 7) is 0.131. The van der Waals surface area contributed by atoms with Crippen LogP contribution >= 0.6 is 11.3 Å². The van der Waals surface area contributed by atoms with Crippen LogP contribution in [0.1, 0.15) is 5.56 Å². The molecule has 1 aromatic carbocycles. The van der Waals surface area contributed by atoms with Crippen molar-refractivity contribution in [3.63, 3.8) is 0 Å². The summed E-state index contributed by atoms with van der Waals surface area (Å²) in [6.07, 6.45) is 4.50. The molecule has 1 amide bonds. The number of amides is 1. The van der Waals surface area contributed by atoms with Crippen LogP contribution in [-0.2, 0) is 26.2 Å². The molecule has 4 aromatic rings. The minimum absolute atomic E-state index is 0.125. The maximum Gasteiger partial charge on any atom is 0.246 e. The third kappa shape index (κ3) is 5.56. The molecule has 32 heavy (non-hydrogen) atoms. The zero-order valence-electron chi connectivity index (χ0n) is 17.1. The molecule has 0 aliphatic carbocycles. The molecule has 0 spiro atoms. The van der Waals surface area contributed by atoms with Crippen molar-refractivity contribution in [2.75, 3.05) is 18.2 Å². The van der Waals surface area contributed by atoms with E-state index in [-0.39, 0.29) is 13.2 Å². The highest BCUT2D eigenvalue weighted by Gasteiger charge is 2.24. The molecule has 3 N–H and O–H groups in total. The number of hydrogen-bond donors (Lipinski definition) is 3. The number of hydrogen-bond acceptors (Lipinski definition) is 7. The van der Waals surface area contributed by atoms with Crippen LogP contribution in [0.2, 0.25) is 0 Å². The van der Waals surface area contributed by atoms with Crippen LogP contribution in [-0.4, -0.2) is 48.2 Å². The first-order valence-electron chi connectivity index (χ1n) is 9.67. The van der Waals surface area contributed by atoms with Crippen molar-refractivity contribution in [3.05, 3.63) is 65.8 Å². The second-order valence-electron chi connectivity index (χ2n) is 7.07. The van der Waals surface area contributed by atoms with Gasteiger partial charge in [0, 0.05) is 28.7 Å². The van der Waals surface area contributed by atoms with E-state index in [9.17, 15) is 13.2 Å². The van der Waals surface area contributed by atoms with Gasteiger partial charge in [0.2, 0.25) is 15.9 Å². The second-order valence-corrected chi connectivity index (χ2v) is 9.71. The number of benzene rings is 1. The van der Waals surface area contributed by atoms with Crippen LogP contribution in [0.25, 0.3) is 22.3 Å². The molecule has 3 aromatic heterocycles. The third-order valence-corrected chi connectivity index (χ3v) is 6.00. The number of pyridine rings is 1. The van der Waals surface area contributed by atoms with Gasteiger partial charge < -0.3 is 15.0 Å². The molecular formula is C21H21N5O4S2. The summed E-state index contributed by atoms with van der Waals surface area (Å²) >= 11 is 1.25. The van der Waals surface area contributed by atoms with Crippen LogP contribution in [0.3, 0.4) is 0 Å². The van der Waals surface area contributed by atoms with Gasteiger partial charge in [0.25, 0.3) is 0 Å². The summed E-state index contributed by atoms with van der Waals surface area (Å²) in [5.41, 5.74) is 3.21. The molecular weight excluding hydrogens is 450 g/mol. The molecule has 166 valence electrons. The highest BCUT2D eigenvalue weighted by atomic mass is 32.2. The predicted octanol–water partition coefficient (Wildman–Crippen LogP) is 2.76. The number of carbonyl (C=O) groups excluding carboxylic acids is 1. The van der Waals surface area contributed by atoms with Crippen LogP contribution in [0.15, 0.2) is 60.2 Å². The first-order chi connectivity index (χ1) is 15.4. The van der Waals surface area contributed by atoms with Gasteiger partial charge in [0.1, 0.15) is 11.7 Å². The van der Waals surface area contributed by atoms with E-state index in [4.69, 9.17) is 4.74 Å². The van der Waals surface area contributed by atoms with Gasteiger partial charge in [-0.25, -0.2) is 23.1 Å². The number of aromatic amines is 1. The Bertz CT molecular complexity index is 1320. The smallest absolute Gasteiger partial charge is 0.246 e. The van der Waals surface area contributed by atoms with Gasteiger partial charge in [-0.3, -0.25) is 4.79 Å². The fraction of sp³-hybridized carbons (Fsp3) is 0.190. The highest BCUT2D eigenvalue weighted by Crippen LogP contribution is 2.30. The second kappa shape index (κ2) is 9.57. The average molecular weight is 472 g/mol. The zero-order valence-corrected chi connectivity index (χ0v) is 18.7. The molecule has 0 aliphatic heterocycles. The van der Waals surface area contributed by atoms with Crippen LogP contribution in [0.5, 0.6) is 0 Å². The number of thiazole rings is 1. The number of sulfonamides is 1. The van der Waals surface area contributed by atoms with E-state index in [1.165, 1.54) is 11.3 Å². The van der Waals surface area contributed by atoms with E-state index < -0.39 is 22.0 Å². The quantitative estimate of drug-likeness (QED) is 0.345. The Hall–Kier alpha value is -3.12. The zero-order chi connectivity index (χ0) is 22.6. The van der Waals surface area contributed by atoms with Crippen LogP contribution in [0, 0.1) is 0 Å². The largest absolute Gasteiger partial charge is 0.375 e. The van der Waals surface area contributed by atoms with Gasteiger partial charge in [-0.05, 0) is 17.7 Å². The number of aromatic nitrogens is 3. The van der Waals surface area contributed by atoms with Crippen LogP contribution in [0.4, 0.5) is 5.13 Å². The molecule has 9 nitrogen and oxygen atoms in total. The molecule has 11 heteroatoms. The maximum atomic E-state index is 12.8. The van der Waals surface area contributed by atoms with E-state index in [1.807, 2.05) is 54.0 Å². The van der Waals surface area contributed by atoms with Crippen molar-refractivity contribution in [2.24, 2.45) is 0 Å². The highest BCUT2D eigenvalue weighted by molar-refractivity contribution is 7.88. The Morgan fingerprint density at radius 2 is 2.03 bits per heavy atom. The Morgan fingerprint density at radius 1 is 1.22 bits per heavy atom. The van der Waals surface area contributed by atoms with Crippen molar-refractivity contribution in [3.8, 4) is 11.3 Å². The number of rotatable bonds is 9. The van der Waals surface area contributed by atoms with E-state index in [0.29, 0.717) is 10.8 Å². The summed E-state index contributed by atoms with van der Waals surface area (Å²) < 4.78 is 31.4. The van der Waals surface area contributed by atoms with Gasteiger partial charge >= 0.3 is 0 Å². The summed E-state index contributed by atoms with van der Waals surface area (Å²) in [6, 6.07) is 12.1. The average Bonchev–Trinajstić information content (AvgIpc) is 3.39. The van der Waals surface area contributed by atoms with E-state index in [0.717, 1.165) is 28.4 Å². The molecule has 0 saturated heterocycles. The molecule has 0 unspecified atom stereocenters. The normalized spacial score (nSPS) is 12.7. The van der Waals surface area contributed by atoms with Crippen molar-refractivity contribution >= 4 is 43.4 Å². The first kappa shape index (κ1) is 22.1. The fourth-order valence-electron chi connectivity index (χ4n) is 3.11. The fourth-order valence-corrected chi connectivity index (χ4v) is 4.51. The number of nitrogens with one attached hydrogen (secondary N) is 3. The first-order valence-corrected chi connectivity index (χ1v) is 12.4. The molecule has 0 radical (unpaired) electrons. The summed E-state index contributed by atoms with van der Waals surface area (Å²) in [5.74, 6) is -0.551. The minimum Gasteiger partial charge on any atom is -0.375 e. The third-order valence-electron chi connectivity index (χ3n) is 4.53. The SMILES string of the molecule is CS(=O)(=O)N[C@@H](COCc1ccccc1)C(=O)Nc1nc(-c2c[nH]c3ncccc23)cs1. The molecule has 0 aliphatic rings. The van der Waals surface area contributed by atoms with Crippen LogP contribution < -0.4 is 10.0 Å². The molecule has 4 rings (SSSR count). The van der Waals surface area contributed by atoms with Crippen molar-refractivity contribution in [1.82, 2.24) is 19.7 Å². The van der Waals surface area contributed by atoms with E-state index >= 15 is 0 Å². The molecule has 0 saturated carbocycles. The van der Waals surface area contributed by atoms with Crippen molar-refractivity contribution in [1.29, 1.82) is 0 Å². The van der Waals surface area contributed by atoms with Crippen molar-refractivity contribution < 1.29 is 17.9 Å². The van der Waals surface area contributed by atoms with Gasteiger partial charge in [0.15, 0.2) is 5.13 Å². The lowest BCUT2D eigenvalue weighted by Crippen LogP contribution is -2.46. The lowest BCUT2D eigenvalue weighted by atomic mass is 10.2. The summed E-state index contributed by atoms with van der Waals surface area (Å²) in [7, 11) is -3.63. The maximum absolute atomic E-state index is 12.8. The lowest BCUT2D eigenvalue weighted by Gasteiger charge is -2.16. The van der Waals surface area contributed by atoms with Gasteiger partial charge in [-0.2, -0.15) is 0 Å². The van der Waals surface area contributed by atoms with E-state index in [1.54, 1.807) is 6.20 Å². The Balaban J connectivity index is 1.44. The number of nitrogens with zero attached hydrogens (tertiary/aromatic N) is 2. The summed E-state index contributed by atoms with van der Waals surface area (Å²) in [4.78, 5) is 24.6. The van der Waals surface area contributed by atoms with Gasteiger partial charge in [-0.1, -0.05) is 30.3 Å².